The van der Waals surface area contributed by atoms with E-state index in [1.54, 1.807) is 0 Å². The van der Waals surface area contributed by atoms with Gasteiger partial charge in [-0.25, -0.2) is 0 Å². The molecule has 1 aliphatic heterocycles. The Balaban J connectivity index is 2.29. The molecule has 1 fully saturated rings. The van der Waals surface area contributed by atoms with E-state index in [1.165, 1.54) is 24.2 Å². The molecule has 0 atom stereocenters. The fourth-order valence-electron chi connectivity index (χ4n) is 3.82. The molecule has 2 heteroatoms. The summed E-state index contributed by atoms with van der Waals surface area (Å²) >= 11 is 0. The van der Waals surface area contributed by atoms with E-state index in [0.29, 0.717) is 12.0 Å². The summed E-state index contributed by atoms with van der Waals surface area (Å²) in [6.45, 7) is 12.4. The minimum atomic E-state index is 0.188. The van der Waals surface area contributed by atoms with Crippen LogP contribution in [0.2, 0.25) is 0 Å². The minimum absolute atomic E-state index is 0.188. The van der Waals surface area contributed by atoms with Crippen molar-refractivity contribution in [2.45, 2.75) is 66.3 Å². The summed E-state index contributed by atoms with van der Waals surface area (Å²) in [5.41, 5.74) is 7.94. The van der Waals surface area contributed by atoms with Gasteiger partial charge in [0.25, 0.3) is 0 Å². The van der Waals surface area contributed by atoms with Gasteiger partial charge in [-0.15, -0.1) is 0 Å². The zero-order chi connectivity index (χ0) is 13.6. The summed E-state index contributed by atoms with van der Waals surface area (Å²) in [4.78, 5) is 0. The SMILES string of the molecule is CC(C)(C)C1=C(C2CCC(N)CC2)OCC1(C)C. The molecule has 0 aromatic heterocycles. The highest BCUT2D eigenvalue weighted by atomic mass is 16.5. The first-order valence-corrected chi connectivity index (χ1v) is 7.35. The molecule has 0 spiro atoms. The van der Waals surface area contributed by atoms with Crippen LogP contribution in [0.15, 0.2) is 11.3 Å². The van der Waals surface area contributed by atoms with Crippen LogP contribution in [0.4, 0.5) is 0 Å². The zero-order valence-electron chi connectivity index (χ0n) is 12.7. The molecule has 2 N–H and O–H groups in total. The topological polar surface area (TPSA) is 35.2 Å². The van der Waals surface area contributed by atoms with E-state index in [4.69, 9.17) is 10.5 Å². The van der Waals surface area contributed by atoms with Gasteiger partial charge in [0.15, 0.2) is 0 Å². The van der Waals surface area contributed by atoms with Crippen LogP contribution in [0.25, 0.3) is 0 Å². The van der Waals surface area contributed by atoms with E-state index in [2.05, 4.69) is 34.6 Å². The van der Waals surface area contributed by atoms with Crippen molar-refractivity contribution in [2.75, 3.05) is 6.61 Å². The number of rotatable bonds is 1. The lowest BCUT2D eigenvalue weighted by Crippen LogP contribution is -2.29. The Labute approximate surface area is 112 Å². The molecule has 0 saturated heterocycles. The minimum Gasteiger partial charge on any atom is -0.497 e. The van der Waals surface area contributed by atoms with Gasteiger partial charge >= 0.3 is 0 Å². The lowest BCUT2D eigenvalue weighted by atomic mass is 9.69. The second-order valence-corrected chi connectivity index (χ2v) is 7.77. The first-order valence-electron chi connectivity index (χ1n) is 7.35. The van der Waals surface area contributed by atoms with E-state index in [0.717, 1.165) is 19.4 Å². The third kappa shape index (κ3) is 2.59. The van der Waals surface area contributed by atoms with Crippen molar-refractivity contribution >= 4 is 0 Å². The second kappa shape index (κ2) is 4.56. The smallest absolute Gasteiger partial charge is 0.0995 e. The Morgan fingerprint density at radius 1 is 1.11 bits per heavy atom. The Hall–Kier alpha value is -0.500. The summed E-state index contributed by atoms with van der Waals surface area (Å²) in [6, 6.07) is 0.411. The molecule has 0 unspecified atom stereocenters. The zero-order valence-corrected chi connectivity index (χ0v) is 12.7. The molecule has 18 heavy (non-hydrogen) atoms. The molecule has 2 nitrogen and oxygen atoms in total. The standard InChI is InChI=1S/C16H29NO/c1-15(2,3)14-13(18-10-16(14,4)5)11-6-8-12(17)9-7-11/h11-12H,6-10,17H2,1-5H3. The van der Waals surface area contributed by atoms with Gasteiger partial charge in [-0.05, 0) is 36.7 Å². The van der Waals surface area contributed by atoms with Crippen LogP contribution < -0.4 is 5.73 Å². The second-order valence-electron chi connectivity index (χ2n) is 7.77. The first-order chi connectivity index (χ1) is 8.22. The highest BCUT2D eigenvalue weighted by Crippen LogP contribution is 2.50. The predicted octanol–water partition coefficient (Wildman–Crippen LogP) is 3.86. The Morgan fingerprint density at radius 3 is 2.17 bits per heavy atom. The molecule has 1 aliphatic carbocycles. The fraction of sp³-hybridized carbons (Fsp3) is 0.875. The van der Waals surface area contributed by atoms with Gasteiger partial charge in [-0.3, -0.25) is 0 Å². The van der Waals surface area contributed by atoms with Crippen molar-refractivity contribution < 1.29 is 4.74 Å². The molecule has 2 rings (SSSR count). The quantitative estimate of drug-likeness (QED) is 0.768. The summed E-state index contributed by atoms with van der Waals surface area (Å²) in [7, 11) is 0. The number of hydrogen-bond acceptors (Lipinski definition) is 2. The van der Waals surface area contributed by atoms with E-state index in [9.17, 15) is 0 Å². The molecular weight excluding hydrogens is 222 g/mol. The average molecular weight is 251 g/mol. The van der Waals surface area contributed by atoms with Gasteiger partial charge in [0.1, 0.15) is 0 Å². The molecular formula is C16H29NO. The van der Waals surface area contributed by atoms with Crippen LogP contribution in [0.3, 0.4) is 0 Å². The molecule has 104 valence electrons. The summed E-state index contributed by atoms with van der Waals surface area (Å²) < 4.78 is 6.12. The third-order valence-corrected chi connectivity index (χ3v) is 4.40. The van der Waals surface area contributed by atoms with Gasteiger partial charge < -0.3 is 10.5 Å². The van der Waals surface area contributed by atoms with E-state index in [-0.39, 0.29) is 10.8 Å². The summed E-state index contributed by atoms with van der Waals surface area (Å²) in [6.07, 6.45) is 4.70. The number of ether oxygens (including phenoxy) is 1. The van der Waals surface area contributed by atoms with Crippen molar-refractivity contribution in [3.8, 4) is 0 Å². The number of allylic oxidation sites excluding steroid dienone is 1. The third-order valence-electron chi connectivity index (χ3n) is 4.40. The van der Waals surface area contributed by atoms with Crippen LogP contribution in [0.5, 0.6) is 0 Å². The highest BCUT2D eigenvalue weighted by molar-refractivity contribution is 5.28. The largest absolute Gasteiger partial charge is 0.497 e. The monoisotopic (exact) mass is 251 g/mol. The van der Waals surface area contributed by atoms with Gasteiger partial charge in [0, 0.05) is 17.4 Å². The maximum absolute atomic E-state index is 6.12. The van der Waals surface area contributed by atoms with Gasteiger partial charge in [-0.2, -0.15) is 0 Å². The Morgan fingerprint density at radius 2 is 1.67 bits per heavy atom. The fourth-order valence-corrected chi connectivity index (χ4v) is 3.82. The maximum atomic E-state index is 6.12. The van der Waals surface area contributed by atoms with Gasteiger partial charge in [0.05, 0.1) is 12.4 Å². The van der Waals surface area contributed by atoms with E-state index < -0.39 is 0 Å². The first kappa shape index (κ1) is 13.9. The summed E-state index contributed by atoms with van der Waals surface area (Å²) in [5, 5.41) is 0. The molecule has 1 heterocycles. The van der Waals surface area contributed by atoms with Crippen molar-refractivity contribution in [1.29, 1.82) is 0 Å². The Bertz CT molecular complexity index is 341. The molecule has 2 aliphatic rings. The van der Waals surface area contributed by atoms with Gasteiger partial charge in [0.2, 0.25) is 0 Å². The van der Waals surface area contributed by atoms with Gasteiger partial charge in [-0.1, -0.05) is 34.6 Å². The van der Waals surface area contributed by atoms with Crippen LogP contribution in [-0.2, 0) is 4.74 Å². The molecule has 0 amide bonds. The Kier molecular flexibility index (Phi) is 3.52. The van der Waals surface area contributed by atoms with Crippen molar-refractivity contribution in [2.24, 2.45) is 22.5 Å². The molecule has 1 saturated carbocycles. The average Bonchev–Trinajstić information content (AvgIpc) is 2.54. The number of hydrogen-bond donors (Lipinski definition) is 1. The summed E-state index contributed by atoms with van der Waals surface area (Å²) in [5.74, 6) is 1.92. The van der Waals surface area contributed by atoms with Crippen LogP contribution in [0.1, 0.15) is 60.3 Å². The molecule has 0 aromatic rings. The van der Waals surface area contributed by atoms with Crippen molar-refractivity contribution in [3.63, 3.8) is 0 Å². The van der Waals surface area contributed by atoms with E-state index in [1.807, 2.05) is 0 Å². The molecule has 0 bridgehead atoms. The highest BCUT2D eigenvalue weighted by Gasteiger charge is 2.43. The van der Waals surface area contributed by atoms with Crippen LogP contribution in [-0.4, -0.2) is 12.6 Å². The maximum Gasteiger partial charge on any atom is 0.0995 e. The normalized spacial score (nSPS) is 32.6. The number of nitrogens with two attached hydrogens (primary N) is 1. The van der Waals surface area contributed by atoms with Crippen LogP contribution >= 0.6 is 0 Å². The van der Waals surface area contributed by atoms with Crippen molar-refractivity contribution in [3.05, 3.63) is 11.3 Å². The lowest BCUT2D eigenvalue weighted by Gasteiger charge is -2.33. The lowest BCUT2D eigenvalue weighted by molar-refractivity contribution is 0.147. The predicted molar refractivity (Wildman–Crippen MR) is 76.1 cm³/mol. The molecule has 0 radical (unpaired) electrons. The van der Waals surface area contributed by atoms with Crippen LogP contribution in [0, 0.1) is 16.7 Å². The molecule has 0 aromatic carbocycles. The van der Waals surface area contributed by atoms with Crippen molar-refractivity contribution in [1.82, 2.24) is 0 Å². The van der Waals surface area contributed by atoms with E-state index >= 15 is 0 Å².